The molecule has 0 spiro atoms. The Morgan fingerprint density at radius 1 is 1.18 bits per heavy atom. The molecule has 10 nitrogen and oxygen atoms in total. The molecule has 0 amide bonds. The number of fused-ring (bicyclic) bond motifs is 1. The Balaban J connectivity index is 1.49. The van der Waals surface area contributed by atoms with Crippen molar-refractivity contribution in [3.05, 3.63) is 42.5 Å². The van der Waals surface area contributed by atoms with Crippen molar-refractivity contribution in [2.75, 3.05) is 29.9 Å². The van der Waals surface area contributed by atoms with Crippen LogP contribution in [0.15, 0.2) is 36.8 Å². The lowest BCUT2D eigenvalue weighted by Crippen LogP contribution is -2.62. The summed E-state index contributed by atoms with van der Waals surface area (Å²) in [5, 5.41) is 22.8. The average Bonchev–Trinajstić information content (AvgIpc) is 3.24. The zero-order valence-corrected chi connectivity index (χ0v) is 19.8. The van der Waals surface area contributed by atoms with Crippen molar-refractivity contribution in [1.29, 1.82) is 0 Å². The molecular weight excluding hydrogens is 432 g/mol. The first kappa shape index (κ1) is 22.0. The molecule has 0 radical (unpaired) electrons. The fraction of sp³-hybridized carbons (Fsp3) is 0.375. The minimum Gasteiger partial charge on any atom is -0.492 e. The quantitative estimate of drug-likeness (QED) is 0.429. The number of anilines is 3. The van der Waals surface area contributed by atoms with Gasteiger partial charge in [0.2, 0.25) is 5.95 Å². The Bertz CT molecular complexity index is 1350. The van der Waals surface area contributed by atoms with E-state index in [0.29, 0.717) is 37.8 Å². The van der Waals surface area contributed by atoms with Gasteiger partial charge in [-0.2, -0.15) is 0 Å². The van der Waals surface area contributed by atoms with Gasteiger partial charge in [-0.15, -0.1) is 10.2 Å². The third kappa shape index (κ3) is 4.01. The normalized spacial score (nSPS) is 14.8. The first-order valence-corrected chi connectivity index (χ1v) is 11.4. The molecule has 10 heteroatoms. The zero-order chi connectivity index (χ0) is 23.9. The second-order valence-corrected chi connectivity index (χ2v) is 8.69. The second-order valence-electron chi connectivity index (χ2n) is 8.69. The number of nitrogens with one attached hydrogen (secondary N) is 1. The van der Waals surface area contributed by atoms with Gasteiger partial charge in [0.25, 0.3) is 0 Å². The number of pyridine rings is 1. The lowest BCUT2D eigenvalue weighted by molar-refractivity contribution is 0.00821. The summed E-state index contributed by atoms with van der Waals surface area (Å²) in [7, 11) is 1.90. The molecule has 0 bridgehead atoms. The van der Waals surface area contributed by atoms with E-state index in [1.54, 1.807) is 12.5 Å². The Kier molecular flexibility index (Phi) is 5.52. The largest absolute Gasteiger partial charge is 0.492 e. The average molecular weight is 461 g/mol. The summed E-state index contributed by atoms with van der Waals surface area (Å²) in [4.78, 5) is 16.1. The summed E-state index contributed by atoms with van der Waals surface area (Å²) in [6.45, 7) is 7.48. The number of ether oxygens (including phenoxy) is 1. The highest BCUT2D eigenvalue weighted by Gasteiger charge is 2.41. The van der Waals surface area contributed by atoms with Crippen LogP contribution in [0.25, 0.3) is 22.3 Å². The first-order chi connectivity index (χ1) is 16.4. The first-order valence-electron chi connectivity index (χ1n) is 11.4. The van der Waals surface area contributed by atoms with Crippen LogP contribution in [0.2, 0.25) is 0 Å². The van der Waals surface area contributed by atoms with Gasteiger partial charge in [-0.3, -0.25) is 0 Å². The molecule has 0 atom stereocenters. The highest BCUT2D eigenvalue weighted by Crippen LogP contribution is 2.35. The summed E-state index contributed by atoms with van der Waals surface area (Å²) < 4.78 is 7.75. The van der Waals surface area contributed by atoms with E-state index in [4.69, 9.17) is 14.7 Å². The third-order valence-electron chi connectivity index (χ3n) is 6.10. The Hall–Kier alpha value is -3.79. The molecule has 5 rings (SSSR count). The van der Waals surface area contributed by atoms with Crippen molar-refractivity contribution in [3.8, 4) is 17.1 Å². The number of hydrogen-bond donors (Lipinski definition) is 2. The topological polar surface area (TPSA) is 114 Å². The molecule has 3 aromatic heterocycles. The Morgan fingerprint density at radius 3 is 2.71 bits per heavy atom. The molecule has 0 unspecified atom stereocenters. The number of rotatable bonds is 7. The van der Waals surface area contributed by atoms with E-state index in [0.717, 1.165) is 39.5 Å². The monoisotopic (exact) mass is 460 g/mol. The molecule has 1 aromatic carbocycles. The summed E-state index contributed by atoms with van der Waals surface area (Å²) in [6.07, 6.45) is 4.17. The van der Waals surface area contributed by atoms with Crippen LogP contribution in [0.3, 0.4) is 0 Å². The van der Waals surface area contributed by atoms with Gasteiger partial charge in [-0.25, -0.2) is 15.0 Å². The van der Waals surface area contributed by atoms with Crippen LogP contribution in [0.4, 0.5) is 17.5 Å². The molecule has 1 fully saturated rings. The Morgan fingerprint density at radius 2 is 2.00 bits per heavy atom. The number of β-amino-alcohol motifs (C(OH)–C–C–N with tert-alkyl or cyclic N) is 1. The predicted molar refractivity (Wildman–Crippen MR) is 130 cm³/mol. The van der Waals surface area contributed by atoms with Gasteiger partial charge < -0.3 is 24.6 Å². The van der Waals surface area contributed by atoms with Gasteiger partial charge in [-0.1, -0.05) is 6.92 Å². The molecule has 4 heterocycles. The number of aryl methyl sites for hydroxylation is 2. The van der Waals surface area contributed by atoms with Gasteiger partial charge in [0.15, 0.2) is 11.6 Å². The van der Waals surface area contributed by atoms with Crippen LogP contribution in [-0.2, 0) is 7.05 Å². The molecule has 1 aliphatic rings. The van der Waals surface area contributed by atoms with Crippen molar-refractivity contribution >= 4 is 28.4 Å². The van der Waals surface area contributed by atoms with Crippen LogP contribution >= 0.6 is 0 Å². The molecule has 34 heavy (non-hydrogen) atoms. The van der Waals surface area contributed by atoms with Crippen LogP contribution in [0.5, 0.6) is 5.75 Å². The molecular formula is C24H28N8O2. The van der Waals surface area contributed by atoms with Crippen molar-refractivity contribution in [3.63, 3.8) is 0 Å². The minimum atomic E-state index is -0.664. The van der Waals surface area contributed by atoms with Crippen molar-refractivity contribution in [1.82, 2.24) is 29.7 Å². The number of aliphatic hydroxyl groups is 1. The van der Waals surface area contributed by atoms with E-state index in [1.165, 1.54) is 0 Å². The van der Waals surface area contributed by atoms with E-state index in [-0.39, 0.29) is 0 Å². The predicted octanol–water partition coefficient (Wildman–Crippen LogP) is 3.23. The van der Waals surface area contributed by atoms with Gasteiger partial charge in [-0.05, 0) is 44.5 Å². The lowest BCUT2D eigenvalue weighted by atomic mass is 9.91. The fourth-order valence-electron chi connectivity index (χ4n) is 4.18. The second kappa shape index (κ2) is 8.53. The van der Waals surface area contributed by atoms with Crippen molar-refractivity contribution < 1.29 is 9.84 Å². The Labute approximate surface area is 197 Å². The maximum atomic E-state index is 10.5. The van der Waals surface area contributed by atoms with Gasteiger partial charge in [0.05, 0.1) is 31.0 Å². The van der Waals surface area contributed by atoms with Crippen molar-refractivity contribution in [2.45, 2.75) is 32.8 Å². The summed E-state index contributed by atoms with van der Waals surface area (Å²) in [5.41, 5.74) is 2.62. The summed E-state index contributed by atoms with van der Waals surface area (Å²) in [5.74, 6) is 2.63. The van der Waals surface area contributed by atoms with E-state index in [2.05, 4.69) is 25.4 Å². The molecule has 1 saturated heterocycles. The fourth-order valence-corrected chi connectivity index (χ4v) is 4.18. The number of benzene rings is 1. The molecule has 0 saturated carbocycles. The molecule has 0 aliphatic carbocycles. The van der Waals surface area contributed by atoms with Crippen molar-refractivity contribution in [2.24, 2.45) is 7.05 Å². The maximum Gasteiger partial charge on any atom is 0.227 e. The molecule has 176 valence electrons. The van der Waals surface area contributed by atoms with E-state index in [1.807, 2.05) is 56.7 Å². The van der Waals surface area contributed by atoms with Gasteiger partial charge in [0, 0.05) is 29.9 Å². The highest BCUT2D eigenvalue weighted by atomic mass is 16.5. The molecule has 1 aliphatic heterocycles. The van der Waals surface area contributed by atoms with Gasteiger partial charge >= 0.3 is 0 Å². The van der Waals surface area contributed by atoms with Crippen LogP contribution in [0.1, 0.15) is 26.0 Å². The summed E-state index contributed by atoms with van der Waals surface area (Å²) >= 11 is 0. The van der Waals surface area contributed by atoms with E-state index < -0.39 is 5.60 Å². The highest BCUT2D eigenvalue weighted by molar-refractivity contribution is 5.90. The number of nitrogens with zero attached hydrogens (tertiary/aromatic N) is 7. The third-order valence-corrected chi connectivity index (χ3v) is 6.10. The van der Waals surface area contributed by atoms with Gasteiger partial charge in [0.1, 0.15) is 17.6 Å². The number of hydrogen-bond acceptors (Lipinski definition) is 9. The smallest absolute Gasteiger partial charge is 0.227 e. The lowest BCUT2D eigenvalue weighted by Gasteiger charge is -2.47. The maximum absolute atomic E-state index is 10.5. The zero-order valence-electron chi connectivity index (χ0n) is 19.8. The molecule has 2 N–H and O–H groups in total. The SMILES string of the molecule is CCOc1cc(-c2nncn2C)ccc1Nc1ncc2cc(C)nc(N3CC(O)(CC)C3)c2n1. The van der Waals surface area contributed by atoms with Crippen LogP contribution < -0.4 is 15.0 Å². The summed E-state index contributed by atoms with van der Waals surface area (Å²) in [6, 6.07) is 7.78. The number of aromatic nitrogens is 6. The van der Waals surface area contributed by atoms with E-state index in [9.17, 15) is 5.11 Å². The standard InChI is InChI=1S/C24H28N8O2/c1-5-24(33)12-32(13-24)22-20-17(9-15(3)27-22)11-25-23(29-20)28-18-8-7-16(10-19(18)34-6-2)21-30-26-14-31(21)4/h7-11,14,33H,5-6,12-13H2,1-4H3,(H,25,28,29). The molecule has 4 aromatic rings. The minimum absolute atomic E-state index is 0.443. The van der Waals surface area contributed by atoms with Crippen LogP contribution in [-0.4, -0.2) is 60.1 Å². The van der Waals surface area contributed by atoms with E-state index >= 15 is 0 Å². The van der Waals surface area contributed by atoms with Crippen LogP contribution in [0, 0.1) is 6.92 Å².